The van der Waals surface area contributed by atoms with Crippen molar-refractivity contribution >= 4 is 40.0 Å². The first-order valence-electron chi connectivity index (χ1n) is 12.0. The normalized spacial score (nSPS) is 17.1. The van der Waals surface area contributed by atoms with Crippen molar-refractivity contribution < 1.29 is 19.1 Å². The molecule has 4 aromatic rings. The Kier molecular flexibility index (Phi) is 6.91. The average molecular weight is 518 g/mol. The predicted molar refractivity (Wildman–Crippen MR) is 144 cm³/mol. The molecule has 37 heavy (non-hydrogen) atoms. The van der Waals surface area contributed by atoms with Gasteiger partial charge in [0.25, 0.3) is 5.91 Å². The fourth-order valence-electron chi connectivity index (χ4n) is 5.23. The number of rotatable bonds is 7. The molecular weight excluding hydrogens is 490 g/mol. The summed E-state index contributed by atoms with van der Waals surface area (Å²) in [6.07, 6.45) is 2.01. The number of carbonyl (C=O) groups is 2. The van der Waals surface area contributed by atoms with Crippen LogP contribution in [0.3, 0.4) is 0 Å². The zero-order valence-corrected chi connectivity index (χ0v) is 21.7. The van der Waals surface area contributed by atoms with Crippen molar-refractivity contribution in [2.75, 3.05) is 32.7 Å². The molecule has 0 radical (unpaired) electrons. The van der Waals surface area contributed by atoms with Crippen LogP contribution >= 0.6 is 11.6 Å². The molecule has 2 atom stereocenters. The number of nitrogens with one attached hydrogen (secondary N) is 1. The number of hydrogen-bond acceptors (Lipinski definition) is 4. The van der Waals surface area contributed by atoms with Gasteiger partial charge in [0.1, 0.15) is 5.75 Å². The minimum absolute atomic E-state index is 0.123. The minimum Gasteiger partial charge on any atom is -0.495 e. The van der Waals surface area contributed by atoms with Crippen molar-refractivity contribution in [2.45, 2.75) is 12.0 Å². The lowest BCUT2D eigenvalue weighted by Gasteiger charge is -2.41. The molecule has 1 aliphatic rings. The summed E-state index contributed by atoms with van der Waals surface area (Å²) in [5, 5.41) is 4.43. The van der Waals surface area contributed by atoms with E-state index < -0.39 is 12.0 Å². The van der Waals surface area contributed by atoms with Gasteiger partial charge in [-0.3, -0.25) is 9.59 Å². The van der Waals surface area contributed by atoms with Crippen LogP contribution in [0.15, 0.2) is 72.9 Å². The summed E-state index contributed by atoms with van der Waals surface area (Å²) in [5.74, 6) is -0.506. The number of aryl methyl sites for hydroxylation is 1. The smallest absolute Gasteiger partial charge is 0.254 e. The Morgan fingerprint density at radius 2 is 1.78 bits per heavy atom. The number of amides is 2. The van der Waals surface area contributed by atoms with E-state index in [9.17, 15) is 9.59 Å². The van der Waals surface area contributed by atoms with Crippen LogP contribution in [0, 0.1) is 0 Å². The van der Waals surface area contributed by atoms with Crippen molar-refractivity contribution in [2.24, 2.45) is 7.05 Å². The third kappa shape index (κ3) is 4.45. The largest absolute Gasteiger partial charge is 0.495 e. The summed E-state index contributed by atoms with van der Waals surface area (Å²) in [7, 11) is 5.12. The van der Waals surface area contributed by atoms with Gasteiger partial charge < -0.3 is 24.3 Å². The highest BCUT2D eigenvalue weighted by atomic mass is 35.5. The average Bonchev–Trinajstić information content (AvgIpc) is 3.24. The van der Waals surface area contributed by atoms with E-state index in [1.165, 1.54) is 0 Å². The van der Waals surface area contributed by atoms with E-state index in [1.54, 1.807) is 43.4 Å². The lowest BCUT2D eigenvalue weighted by molar-refractivity contribution is -0.119. The molecule has 0 saturated heterocycles. The second kappa shape index (κ2) is 10.3. The van der Waals surface area contributed by atoms with Gasteiger partial charge in [-0.05, 0) is 35.9 Å². The van der Waals surface area contributed by atoms with Crippen LogP contribution in [0.1, 0.15) is 33.4 Å². The number of anilines is 1. The number of fused-ring (bicyclic) bond motifs is 2. The Morgan fingerprint density at radius 1 is 1.03 bits per heavy atom. The highest BCUT2D eigenvalue weighted by molar-refractivity contribution is 6.32. The lowest BCUT2D eigenvalue weighted by Crippen LogP contribution is -2.47. The van der Waals surface area contributed by atoms with Crippen molar-refractivity contribution in [3.63, 3.8) is 0 Å². The van der Waals surface area contributed by atoms with Crippen molar-refractivity contribution in [3.05, 3.63) is 94.6 Å². The molecule has 1 aromatic heterocycles. The molecule has 2 amide bonds. The van der Waals surface area contributed by atoms with Gasteiger partial charge in [-0.15, -0.1) is 0 Å². The van der Waals surface area contributed by atoms with E-state index in [0.717, 1.165) is 16.5 Å². The molecule has 0 spiro atoms. The van der Waals surface area contributed by atoms with Crippen molar-refractivity contribution in [1.82, 2.24) is 9.47 Å². The van der Waals surface area contributed by atoms with Gasteiger partial charge in [0, 0.05) is 54.6 Å². The van der Waals surface area contributed by atoms with Crippen LogP contribution in [-0.2, 0) is 16.6 Å². The maximum Gasteiger partial charge on any atom is 0.254 e. The highest BCUT2D eigenvalue weighted by Crippen LogP contribution is 2.45. The molecule has 2 heterocycles. The van der Waals surface area contributed by atoms with Crippen LogP contribution in [0.4, 0.5) is 5.69 Å². The third-order valence-electron chi connectivity index (χ3n) is 6.92. The fourth-order valence-corrected chi connectivity index (χ4v) is 5.49. The van der Waals surface area contributed by atoms with Gasteiger partial charge in [-0.2, -0.15) is 0 Å². The number of aromatic nitrogens is 1. The quantitative estimate of drug-likeness (QED) is 0.356. The molecule has 8 heteroatoms. The second-order valence-corrected chi connectivity index (χ2v) is 9.46. The third-order valence-corrected chi connectivity index (χ3v) is 7.22. The molecule has 1 aliphatic heterocycles. The monoisotopic (exact) mass is 517 g/mol. The molecule has 0 fully saturated rings. The summed E-state index contributed by atoms with van der Waals surface area (Å²) >= 11 is 6.33. The second-order valence-electron chi connectivity index (χ2n) is 9.05. The number of halogens is 1. The Hall–Kier alpha value is -3.81. The Morgan fingerprint density at radius 3 is 2.54 bits per heavy atom. The van der Waals surface area contributed by atoms with Crippen LogP contribution in [-0.4, -0.2) is 48.7 Å². The number of para-hydroxylation sites is 1. The van der Waals surface area contributed by atoms with E-state index in [2.05, 4.69) is 5.32 Å². The van der Waals surface area contributed by atoms with E-state index in [-0.39, 0.29) is 11.8 Å². The minimum atomic E-state index is -0.669. The zero-order chi connectivity index (χ0) is 26.1. The topological polar surface area (TPSA) is 72.8 Å². The first-order chi connectivity index (χ1) is 17.9. The van der Waals surface area contributed by atoms with Gasteiger partial charge in [-0.25, -0.2) is 0 Å². The molecule has 1 N–H and O–H groups in total. The molecule has 7 nitrogen and oxygen atoms in total. The number of hydrogen-bond donors (Lipinski definition) is 1. The molecule has 0 bridgehead atoms. The van der Waals surface area contributed by atoms with E-state index in [1.807, 2.05) is 60.3 Å². The molecule has 190 valence electrons. The van der Waals surface area contributed by atoms with E-state index in [0.29, 0.717) is 40.7 Å². The summed E-state index contributed by atoms with van der Waals surface area (Å²) in [6.45, 7) is 0.688. The van der Waals surface area contributed by atoms with E-state index in [4.69, 9.17) is 21.1 Å². The van der Waals surface area contributed by atoms with Crippen molar-refractivity contribution in [3.8, 4) is 5.75 Å². The fraction of sp³-hybridized carbons (Fsp3) is 0.241. The van der Waals surface area contributed by atoms with Gasteiger partial charge >= 0.3 is 0 Å². The van der Waals surface area contributed by atoms with Gasteiger partial charge in [-0.1, -0.05) is 48.0 Å². The maximum absolute atomic E-state index is 14.1. The number of ether oxygens (including phenoxy) is 2. The summed E-state index contributed by atoms with van der Waals surface area (Å²) < 4.78 is 12.6. The lowest BCUT2D eigenvalue weighted by atomic mass is 9.79. The number of methoxy groups -OCH3 is 2. The molecular formula is C29H28ClN3O4. The molecule has 0 unspecified atom stereocenters. The predicted octanol–water partition coefficient (Wildman–Crippen LogP) is 5.41. The van der Waals surface area contributed by atoms with Gasteiger partial charge in [0.05, 0.1) is 30.7 Å². The Labute approximate surface area is 220 Å². The van der Waals surface area contributed by atoms with Crippen LogP contribution in [0.2, 0.25) is 5.02 Å². The molecule has 5 rings (SSSR count). The number of benzene rings is 3. The highest BCUT2D eigenvalue weighted by Gasteiger charge is 2.45. The SMILES string of the molecule is COCCN1C(=O)c2ccccc2[C@@H](C(=O)Nc2ccc(OC)c(Cl)c2)[C@@H]1c1cn(C)c2ccccc12. The first kappa shape index (κ1) is 24.9. The number of nitrogens with zero attached hydrogens (tertiary/aromatic N) is 2. The van der Waals surface area contributed by atoms with Gasteiger partial charge in [0.2, 0.25) is 5.91 Å². The first-order valence-corrected chi connectivity index (χ1v) is 12.4. The van der Waals surface area contributed by atoms with Crippen LogP contribution in [0.25, 0.3) is 10.9 Å². The molecule has 3 aromatic carbocycles. The van der Waals surface area contributed by atoms with Crippen molar-refractivity contribution in [1.29, 1.82) is 0 Å². The van der Waals surface area contributed by atoms with Gasteiger partial charge in [0.15, 0.2) is 0 Å². The molecule has 0 saturated carbocycles. The zero-order valence-electron chi connectivity index (χ0n) is 20.9. The Bertz CT molecular complexity index is 1480. The number of carbonyl (C=O) groups excluding carboxylic acids is 2. The van der Waals surface area contributed by atoms with E-state index >= 15 is 0 Å². The maximum atomic E-state index is 14.1. The summed E-state index contributed by atoms with van der Waals surface area (Å²) in [6, 6.07) is 19.9. The molecule has 0 aliphatic carbocycles. The summed E-state index contributed by atoms with van der Waals surface area (Å²) in [4.78, 5) is 29.6. The Balaban J connectivity index is 1.67. The van der Waals surface area contributed by atoms with Crippen LogP contribution in [0.5, 0.6) is 5.75 Å². The van der Waals surface area contributed by atoms with Crippen LogP contribution < -0.4 is 10.1 Å². The standard InChI is InChI=1S/C29H28ClN3O4/c1-32-17-22(19-8-6-7-11-24(19)32)27-26(28(34)31-18-12-13-25(37-3)23(30)16-18)20-9-4-5-10-21(20)29(35)33(27)14-15-36-2/h4-13,16-17,26-27H,14-15H2,1-3H3,(H,31,34)/t26-,27+/m1/s1. The summed E-state index contributed by atoms with van der Waals surface area (Å²) in [5.41, 5.74) is 3.69.